The Hall–Kier alpha value is -3.59. The van der Waals surface area contributed by atoms with Crippen LogP contribution in [0.4, 0.5) is 4.79 Å². The van der Waals surface area contributed by atoms with Gasteiger partial charge in [-0.15, -0.1) is 0 Å². The lowest BCUT2D eigenvalue weighted by Crippen LogP contribution is -2.56. The molecule has 3 saturated heterocycles. The van der Waals surface area contributed by atoms with E-state index in [1.165, 1.54) is 37.9 Å². The number of carbonyl (C=O) groups is 2. The van der Waals surface area contributed by atoms with Crippen molar-refractivity contribution in [2.75, 3.05) is 39.3 Å². The zero-order valence-electron chi connectivity index (χ0n) is 24.5. The average molecular weight is 573 g/mol. The van der Waals surface area contributed by atoms with Gasteiger partial charge in [0, 0.05) is 38.3 Å². The Bertz CT molecular complexity index is 1400. The van der Waals surface area contributed by atoms with Crippen LogP contribution in [0.15, 0.2) is 59.4 Å². The molecule has 3 amide bonds. The predicted octanol–water partition coefficient (Wildman–Crippen LogP) is 4.15. The first kappa shape index (κ1) is 28.5. The van der Waals surface area contributed by atoms with Gasteiger partial charge >= 0.3 is 11.7 Å². The van der Waals surface area contributed by atoms with Crippen LogP contribution >= 0.6 is 0 Å². The summed E-state index contributed by atoms with van der Waals surface area (Å²) >= 11 is 0. The van der Waals surface area contributed by atoms with E-state index in [2.05, 4.69) is 27.3 Å². The number of hydrogen-bond acceptors (Lipinski definition) is 4. The molecule has 0 aliphatic carbocycles. The monoisotopic (exact) mass is 572 g/mol. The van der Waals surface area contributed by atoms with E-state index in [1.54, 1.807) is 0 Å². The molecule has 1 aromatic heterocycles. The average Bonchev–Trinajstić information content (AvgIpc) is 3.39. The van der Waals surface area contributed by atoms with E-state index < -0.39 is 6.04 Å². The number of likely N-dealkylation sites (tertiary alicyclic amines) is 3. The van der Waals surface area contributed by atoms with Gasteiger partial charge in [-0.2, -0.15) is 0 Å². The number of carbonyl (C=O) groups excluding carboxylic acids is 2. The second kappa shape index (κ2) is 13.2. The van der Waals surface area contributed by atoms with Crippen LogP contribution in [0.1, 0.15) is 63.0 Å². The predicted molar refractivity (Wildman–Crippen MR) is 165 cm³/mol. The molecular formula is C33H44N6O3. The van der Waals surface area contributed by atoms with E-state index >= 15 is 0 Å². The third-order valence-corrected chi connectivity index (χ3v) is 9.58. The van der Waals surface area contributed by atoms with Crippen molar-refractivity contribution >= 4 is 23.0 Å². The number of aromatic amines is 1. The van der Waals surface area contributed by atoms with Crippen LogP contribution < -0.4 is 11.0 Å². The summed E-state index contributed by atoms with van der Waals surface area (Å²) in [5.41, 5.74) is 2.80. The topological polar surface area (TPSA) is 93.7 Å². The van der Waals surface area contributed by atoms with Gasteiger partial charge in [-0.1, -0.05) is 48.9 Å². The van der Waals surface area contributed by atoms with Gasteiger partial charge in [0.2, 0.25) is 5.91 Å². The highest BCUT2D eigenvalue weighted by molar-refractivity contribution is 5.87. The summed E-state index contributed by atoms with van der Waals surface area (Å²) in [5.74, 6) is 0.0385. The first-order valence-corrected chi connectivity index (χ1v) is 15.9. The van der Waals surface area contributed by atoms with Gasteiger partial charge in [0.15, 0.2) is 0 Å². The van der Waals surface area contributed by atoms with E-state index in [9.17, 15) is 14.4 Å². The van der Waals surface area contributed by atoms with Gasteiger partial charge in [0.1, 0.15) is 6.04 Å². The molecule has 0 bridgehead atoms. The number of H-pyrrole nitrogens is 1. The molecule has 3 aromatic rings. The van der Waals surface area contributed by atoms with Crippen molar-refractivity contribution in [1.82, 2.24) is 29.6 Å². The second-order valence-corrected chi connectivity index (χ2v) is 12.2. The molecule has 42 heavy (non-hydrogen) atoms. The van der Waals surface area contributed by atoms with Crippen LogP contribution in [0.5, 0.6) is 0 Å². The number of fused-ring (bicyclic) bond motifs is 1. The molecule has 2 aromatic carbocycles. The number of hydrogen-bond donors (Lipinski definition) is 2. The fourth-order valence-electron chi connectivity index (χ4n) is 7.17. The first-order valence-electron chi connectivity index (χ1n) is 15.9. The van der Waals surface area contributed by atoms with Crippen LogP contribution in [0.3, 0.4) is 0 Å². The molecule has 3 aliphatic heterocycles. The molecule has 4 heterocycles. The Balaban J connectivity index is 1.08. The van der Waals surface area contributed by atoms with Crippen molar-refractivity contribution in [2.24, 2.45) is 0 Å². The van der Waals surface area contributed by atoms with Crippen molar-refractivity contribution in [1.29, 1.82) is 0 Å². The van der Waals surface area contributed by atoms with Crippen molar-refractivity contribution in [3.8, 4) is 0 Å². The lowest BCUT2D eigenvalue weighted by atomic mass is 9.98. The van der Waals surface area contributed by atoms with Gasteiger partial charge in [-0.25, -0.2) is 9.59 Å². The number of imidazole rings is 1. The minimum absolute atomic E-state index is 0.0365. The maximum Gasteiger partial charge on any atom is 0.326 e. The van der Waals surface area contributed by atoms with Crippen molar-refractivity contribution in [3.05, 3.63) is 70.6 Å². The Labute approximate surface area is 247 Å². The molecule has 9 heteroatoms. The lowest BCUT2D eigenvalue weighted by molar-refractivity contribution is -0.135. The second-order valence-electron chi connectivity index (χ2n) is 12.2. The summed E-state index contributed by atoms with van der Waals surface area (Å²) in [4.78, 5) is 49.4. The summed E-state index contributed by atoms with van der Waals surface area (Å²) in [6.45, 7) is 4.96. The van der Waals surface area contributed by atoms with Gasteiger partial charge in [-0.05, 0) is 82.2 Å². The quantitative estimate of drug-likeness (QED) is 0.445. The number of aryl methyl sites for hydroxylation is 1. The Morgan fingerprint density at radius 2 is 1.43 bits per heavy atom. The number of rotatable bonds is 7. The number of urea groups is 1. The molecule has 3 fully saturated rings. The maximum absolute atomic E-state index is 13.8. The smallest absolute Gasteiger partial charge is 0.326 e. The third-order valence-electron chi connectivity index (χ3n) is 9.58. The van der Waals surface area contributed by atoms with E-state index in [4.69, 9.17) is 0 Å². The van der Waals surface area contributed by atoms with Crippen LogP contribution in [0.25, 0.3) is 11.0 Å². The Morgan fingerprint density at radius 3 is 2.17 bits per heavy atom. The number of piperidine rings is 3. The SMILES string of the molecule is O=C(N[C@H](CCc1ccccc1)C(=O)N1CCC(N2CCCCC2)CC1)N1CCC(n2c(=O)[nH]c3ccccc32)CC1. The van der Waals surface area contributed by atoms with E-state index in [0.29, 0.717) is 38.4 Å². The minimum Gasteiger partial charge on any atom is -0.341 e. The largest absolute Gasteiger partial charge is 0.341 e. The molecule has 3 aliphatic rings. The molecular weight excluding hydrogens is 528 g/mol. The summed E-state index contributed by atoms with van der Waals surface area (Å²) < 4.78 is 1.84. The molecule has 1 atom stereocenters. The fourth-order valence-corrected chi connectivity index (χ4v) is 7.17. The van der Waals surface area contributed by atoms with Crippen molar-refractivity contribution in [3.63, 3.8) is 0 Å². The number of benzene rings is 2. The molecule has 0 radical (unpaired) electrons. The number of nitrogens with one attached hydrogen (secondary N) is 2. The van der Waals surface area contributed by atoms with E-state index in [1.807, 2.05) is 56.8 Å². The summed E-state index contributed by atoms with van der Waals surface area (Å²) in [5, 5.41) is 3.13. The van der Waals surface area contributed by atoms with E-state index in [0.717, 1.165) is 43.4 Å². The van der Waals surface area contributed by atoms with Crippen LogP contribution in [0, 0.1) is 0 Å². The number of amides is 3. The van der Waals surface area contributed by atoms with Gasteiger partial charge in [0.05, 0.1) is 11.0 Å². The number of aromatic nitrogens is 2. The van der Waals surface area contributed by atoms with Crippen LogP contribution in [0.2, 0.25) is 0 Å². The molecule has 0 unspecified atom stereocenters. The summed E-state index contributed by atoms with van der Waals surface area (Å²) in [6, 6.07) is 17.8. The van der Waals surface area contributed by atoms with Crippen molar-refractivity contribution < 1.29 is 9.59 Å². The normalized spacial score (nSPS) is 20.1. The minimum atomic E-state index is -0.557. The number of para-hydroxylation sites is 2. The summed E-state index contributed by atoms with van der Waals surface area (Å²) in [6.07, 6.45) is 8.59. The summed E-state index contributed by atoms with van der Waals surface area (Å²) in [7, 11) is 0. The van der Waals surface area contributed by atoms with Gasteiger partial charge in [0.25, 0.3) is 0 Å². The van der Waals surface area contributed by atoms with Gasteiger partial charge < -0.3 is 25.0 Å². The molecule has 2 N–H and O–H groups in total. The maximum atomic E-state index is 13.8. The zero-order chi connectivity index (χ0) is 28.9. The Morgan fingerprint density at radius 1 is 0.786 bits per heavy atom. The van der Waals surface area contributed by atoms with Crippen LogP contribution in [-0.4, -0.2) is 87.5 Å². The third kappa shape index (κ3) is 6.41. The van der Waals surface area contributed by atoms with Gasteiger partial charge in [-0.3, -0.25) is 9.36 Å². The molecule has 9 nitrogen and oxygen atoms in total. The Kier molecular flexibility index (Phi) is 8.93. The molecule has 0 spiro atoms. The number of nitrogens with zero attached hydrogens (tertiary/aromatic N) is 4. The standard InChI is InChI=1S/C33H44N6O3/c40-31(37-21-15-26(16-22-37)36-19-7-2-8-20-36)29(14-13-25-9-3-1-4-10-25)35-32(41)38-23-17-27(18-24-38)39-30-12-6-5-11-28(30)34-33(39)42/h1,3-6,9-12,26-27,29H,2,7-8,13-24H2,(H,34,42)(H,35,41)/t29-/m1/s1. The first-order chi connectivity index (χ1) is 20.6. The molecule has 6 rings (SSSR count). The highest BCUT2D eigenvalue weighted by Crippen LogP contribution is 2.26. The van der Waals surface area contributed by atoms with Crippen molar-refractivity contribution in [2.45, 2.75) is 75.9 Å². The zero-order valence-corrected chi connectivity index (χ0v) is 24.5. The van der Waals surface area contributed by atoms with Crippen LogP contribution in [-0.2, 0) is 11.2 Å². The molecule has 224 valence electrons. The lowest BCUT2D eigenvalue weighted by Gasteiger charge is -2.41. The highest BCUT2D eigenvalue weighted by Gasteiger charge is 2.33. The fraction of sp³-hybridized carbons (Fsp3) is 0.545. The van der Waals surface area contributed by atoms with E-state index in [-0.39, 0.29) is 23.7 Å². The molecule has 0 saturated carbocycles. The highest BCUT2D eigenvalue weighted by atomic mass is 16.2.